The van der Waals surface area contributed by atoms with Crippen molar-refractivity contribution < 1.29 is 9.59 Å². The van der Waals surface area contributed by atoms with E-state index in [9.17, 15) is 9.59 Å². The van der Waals surface area contributed by atoms with Crippen molar-refractivity contribution >= 4 is 23.3 Å². The number of hydrogen-bond donors (Lipinski definition) is 3. The molecule has 0 radical (unpaired) electrons. The molecular weight excluding hydrogens is 288 g/mol. The average Bonchev–Trinajstić information content (AvgIpc) is 2.84. The second-order valence-corrected chi connectivity index (χ2v) is 6.11. The number of nitrogens with zero attached hydrogens (tertiary/aromatic N) is 1. The van der Waals surface area contributed by atoms with Gasteiger partial charge in [-0.15, -0.1) is 11.3 Å². The van der Waals surface area contributed by atoms with E-state index in [1.165, 1.54) is 0 Å². The number of hydrogen-bond acceptors (Lipinski definition) is 4. The Labute approximate surface area is 129 Å². The molecule has 118 valence electrons. The minimum absolute atomic E-state index is 0.109. The third-order valence-electron chi connectivity index (χ3n) is 3.08. The lowest BCUT2D eigenvalue weighted by atomic mass is 10.2. The summed E-state index contributed by atoms with van der Waals surface area (Å²) >= 11 is 1.59. The van der Waals surface area contributed by atoms with Gasteiger partial charge in [0.15, 0.2) is 0 Å². The molecule has 2 atom stereocenters. The highest BCUT2D eigenvalue weighted by Crippen LogP contribution is 2.07. The number of rotatable bonds is 7. The van der Waals surface area contributed by atoms with Gasteiger partial charge in [-0.3, -0.25) is 4.79 Å². The van der Waals surface area contributed by atoms with Crippen LogP contribution in [0.4, 0.5) is 4.79 Å². The van der Waals surface area contributed by atoms with Gasteiger partial charge in [-0.25, -0.2) is 9.78 Å². The van der Waals surface area contributed by atoms with Gasteiger partial charge in [0.25, 0.3) is 0 Å². The highest BCUT2D eigenvalue weighted by molar-refractivity contribution is 7.09. The van der Waals surface area contributed by atoms with Crippen LogP contribution in [-0.2, 0) is 11.2 Å². The zero-order valence-electron chi connectivity index (χ0n) is 13.0. The number of nitrogens with one attached hydrogen (secondary N) is 3. The van der Waals surface area contributed by atoms with E-state index in [2.05, 4.69) is 20.9 Å². The molecule has 1 rings (SSSR count). The first kappa shape index (κ1) is 17.4. The van der Waals surface area contributed by atoms with Crippen LogP contribution in [0, 0.1) is 6.92 Å². The van der Waals surface area contributed by atoms with E-state index in [1.807, 2.05) is 26.2 Å². The second kappa shape index (κ2) is 8.61. The fourth-order valence-corrected chi connectivity index (χ4v) is 2.26. The minimum atomic E-state index is -0.555. The zero-order valence-corrected chi connectivity index (χ0v) is 13.8. The molecule has 3 N–H and O–H groups in total. The lowest BCUT2D eigenvalue weighted by Crippen LogP contribution is -2.50. The Hall–Kier alpha value is -1.63. The summed E-state index contributed by atoms with van der Waals surface area (Å²) < 4.78 is 0. The van der Waals surface area contributed by atoms with Crippen LogP contribution in [0.15, 0.2) is 5.38 Å². The Morgan fingerprint density at radius 2 is 2.05 bits per heavy atom. The first-order valence-electron chi connectivity index (χ1n) is 7.18. The Kier molecular flexibility index (Phi) is 7.14. The zero-order chi connectivity index (χ0) is 15.8. The summed E-state index contributed by atoms with van der Waals surface area (Å²) in [5, 5.41) is 11.2. The molecule has 0 fully saturated rings. The molecule has 3 amide bonds. The van der Waals surface area contributed by atoms with Crippen molar-refractivity contribution in [3.05, 3.63) is 16.1 Å². The predicted octanol–water partition coefficient (Wildman–Crippen LogP) is 1.60. The summed E-state index contributed by atoms with van der Waals surface area (Å²) in [6.45, 7) is 8.04. The molecule has 0 spiro atoms. The van der Waals surface area contributed by atoms with E-state index in [1.54, 1.807) is 18.3 Å². The molecule has 0 aliphatic heterocycles. The van der Waals surface area contributed by atoms with E-state index < -0.39 is 6.04 Å². The molecule has 21 heavy (non-hydrogen) atoms. The lowest BCUT2D eigenvalue weighted by molar-refractivity contribution is -0.123. The molecule has 1 aromatic heterocycles. The van der Waals surface area contributed by atoms with Gasteiger partial charge >= 0.3 is 6.03 Å². The lowest BCUT2D eigenvalue weighted by Gasteiger charge is -2.17. The maximum Gasteiger partial charge on any atom is 0.315 e. The molecular formula is C14H24N4O2S. The van der Waals surface area contributed by atoms with Crippen LogP contribution in [0.3, 0.4) is 0 Å². The van der Waals surface area contributed by atoms with E-state index in [0.717, 1.165) is 17.1 Å². The Bertz CT molecular complexity index is 475. The molecule has 0 saturated carbocycles. The van der Waals surface area contributed by atoms with Crippen LogP contribution in [0.5, 0.6) is 0 Å². The van der Waals surface area contributed by atoms with Crippen LogP contribution < -0.4 is 16.0 Å². The van der Waals surface area contributed by atoms with Gasteiger partial charge in [-0.2, -0.15) is 0 Å². The average molecular weight is 312 g/mol. The monoisotopic (exact) mass is 312 g/mol. The summed E-state index contributed by atoms with van der Waals surface area (Å²) in [5.41, 5.74) is 0.973. The van der Waals surface area contributed by atoms with Gasteiger partial charge < -0.3 is 16.0 Å². The van der Waals surface area contributed by atoms with E-state index in [-0.39, 0.29) is 18.0 Å². The summed E-state index contributed by atoms with van der Waals surface area (Å²) in [6, 6.07) is -0.785. The number of carbonyl (C=O) groups is 2. The van der Waals surface area contributed by atoms with Gasteiger partial charge in [0.1, 0.15) is 6.04 Å². The molecule has 0 unspecified atom stereocenters. The highest BCUT2D eigenvalue weighted by atomic mass is 32.1. The topological polar surface area (TPSA) is 83.1 Å². The minimum Gasteiger partial charge on any atom is -0.352 e. The molecule has 6 nitrogen and oxygen atoms in total. The number of aryl methyl sites for hydroxylation is 1. The molecule has 7 heteroatoms. The summed E-state index contributed by atoms with van der Waals surface area (Å²) in [4.78, 5) is 27.8. The molecule has 0 aliphatic rings. The van der Waals surface area contributed by atoms with Gasteiger partial charge in [-0.1, -0.05) is 6.92 Å². The summed E-state index contributed by atoms with van der Waals surface area (Å²) in [6.07, 6.45) is 1.54. The Balaban J connectivity index is 2.24. The molecule has 1 aromatic rings. The SMILES string of the molecule is CC[C@H](C)NC(=O)[C@@H](C)NC(=O)NCCc1csc(C)n1. The number of carbonyl (C=O) groups excluding carboxylic acids is 2. The van der Waals surface area contributed by atoms with Crippen molar-refractivity contribution in [1.29, 1.82) is 0 Å². The first-order chi connectivity index (χ1) is 9.92. The maximum atomic E-state index is 11.8. The maximum absolute atomic E-state index is 11.8. The Morgan fingerprint density at radius 1 is 1.33 bits per heavy atom. The first-order valence-corrected chi connectivity index (χ1v) is 8.06. The summed E-state index contributed by atoms with van der Waals surface area (Å²) in [7, 11) is 0. The standard InChI is InChI=1S/C14H24N4O2S/c1-5-9(2)16-13(19)10(3)17-14(20)15-7-6-12-8-21-11(4)18-12/h8-10H,5-7H2,1-4H3,(H,16,19)(H2,15,17,20)/t9-,10+/m0/s1. The van der Waals surface area contributed by atoms with Gasteiger partial charge in [0, 0.05) is 24.4 Å². The van der Waals surface area contributed by atoms with Crippen molar-refractivity contribution in [2.45, 2.75) is 52.6 Å². The number of thiazole rings is 1. The Morgan fingerprint density at radius 3 is 2.62 bits per heavy atom. The fourth-order valence-electron chi connectivity index (χ4n) is 1.61. The van der Waals surface area contributed by atoms with Crippen molar-refractivity contribution in [1.82, 2.24) is 20.9 Å². The van der Waals surface area contributed by atoms with Crippen LogP contribution in [0.25, 0.3) is 0 Å². The highest BCUT2D eigenvalue weighted by Gasteiger charge is 2.16. The van der Waals surface area contributed by atoms with Crippen molar-refractivity contribution in [2.24, 2.45) is 0 Å². The quantitative estimate of drug-likeness (QED) is 0.715. The van der Waals surface area contributed by atoms with Gasteiger partial charge in [0.2, 0.25) is 5.91 Å². The molecule has 0 saturated heterocycles. The van der Waals surface area contributed by atoms with E-state index in [0.29, 0.717) is 13.0 Å². The summed E-state index contributed by atoms with van der Waals surface area (Å²) in [5.74, 6) is -0.172. The molecule has 0 aromatic carbocycles. The second-order valence-electron chi connectivity index (χ2n) is 5.05. The third-order valence-corrected chi connectivity index (χ3v) is 3.90. The van der Waals surface area contributed by atoms with E-state index in [4.69, 9.17) is 0 Å². The number of amides is 3. The van der Waals surface area contributed by atoms with E-state index >= 15 is 0 Å². The van der Waals surface area contributed by atoms with Crippen LogP contribution in [0.1, 0.15) is 37.9 Å². The predicted molar refractivity (Wildman–Crippen MR) is 84.4 cm³/mol. The van der Waals surface area contributed by atoms with Crippen LogP contribution in [-0.4, -0.2) is 35.6 Å². The molecule has 1 heterocycles. The smallest absolute Gasteiger partial charge is 0.315 e. The fraction of sp³-hybridized carbons (Fsp3) is 0.643. The van der Waals surface area contributed by atoms with Crippen molar-refractivity contribution in [3.63, 3.8) is 0 Å². The molecule has 0 aliphatic carbocycles. The van der Waals surface area contributed by atoms with Gasteiger partial charge in [-0.05, 0) is 27.2 Å². The van der Waals surface area contributed by atoms with Crippen LogP contribution in [0.2, 0.25) is 0 Å². The largest absolute Gasteiger partial charge is 0.352 e. The normalized spacial score (nSPS) is 13.3. The van der Waals surface area contributed by atoms with Crippen molar-refractivity contribution in [2.75, 3.05) is 6.54 Å². The van der Waals surface area contributed by atoms with Crippen molar-refractivity contribution in [3.8, 4) is 0 Å². The number of aromatic nitrogens is 1. The number of urea groups is 1. The molecule has 0 bridgehead atoms. The third kappa shape index (κ3) is 6.57. The van der Waals surface area contributed by atoms with Crippen LogP contribution >= 0.6 is 11.3 Å². The van der Waals surface area contributed by atoms with Gasteiger partial charge in [0.05, 0.1) is 10.7 Å².